The highest BCUT2D eigenvalue weighted by Crippen LogP contribution is 2.42. The minimum atomic E-state index is -1.29. The van der Waals surface area contributed by atoms with Crippen LogP contribution in [0.3, 0.4) is 0 Å². The van der Waals surface area contributed by atoms with Crippen molar-refractivity contribution in [2.45, 2.75) is 37.1 Å². The molecule has 2 fully saturated rings. The van der Waals surface area contributed by atoms with E-state index in [4.69, 9.17) is 37.9 Å². The summed E-state index contributed by atoms with van der Waals surface area (Å²) in [6.45, 7) is 6.35. The van der Waals surface area contributed by atoms with Gasteiger partial charge in [-0.3, -0.25) is 0 Å². The van der Waals surface area contributed by atoms with Gasteiger partial charge in [0.1, 0.15) is 5.67 Å². The highest BCUT2D eigenvalue weighted by Gasteiger charge is 2.46. The van der Waals surface area contributed by atoms with E-state index in [9.17, 15) is 4.39 Å². The largest absolute Gasteiger partial charge is 0.382 e. The molecule has 0 aromatic rings. The van der Waals surface area contributed by atoms with Crippen LogP contribution in [0.1, 0.15) is 25.7 Å². The van der Waals surface area contributed by atoms with Gasteiger partial charge < -0.3 is 37.9 Å². The molecular weight excluding hydrogens is 387 g/mol. The lowest BCUT2D eigenvalue weighted by molar-refractivity contribution is -0.198. The second-order valence-electron chi connectivity index (χ2n) is 7.25. The van der Waals surface area contributed by atoms with Crippen LogP contribution in [0.4, 0.5) is 4.39 Å². The van der Waals surface area contributed by atoms with Crippen LogP contribution < -0.4 is 0 Å². The minimum Gasteiger partial charge on any atom is -0.382 e. The highest BCUT2D eigenvalue weighted by molar-refractivity contribution is 4.91. The third-order valence-electron chi connectivity index (χ3n) is 5.00. The smallest absolute Gasteiger partial charge is 0.168 e. The predicted molar refractivity (Wildman–Crippen MR) is 103 cm³/mol. The van der Waals surface area contributed by atoms with Crippen LogP contribution in [-0.4, -0.2) is 104 Å². The van der Waals surface area contributed by atoms with Gasteiger partial charge in [0.15, 0.2) is 5.79 Å². The maximum absolute atomic E-state index is 14.8. The molecule has 1 saturated carbocycles. The van der Waals surface area contributed by atoms with E-state index in [1.807, 2.05) is 0 Å². The first kappa shape index (κ1) is 24.9. The molecule has 1 saturated heterocycles. The molecule has 2 aliphatic rings. The topological polar surface area (TPSA) is 73.8 Å². The van der Waals surface area contributed by atoms with Crippen molar-refractivity contribution in [2.24, 2.45) is 0 Å². The second kappa shape index (κ2) is 14.6. The molecule has 1 heterocycles. The van der Waals surface area contributed by atoms with Gasteiger partial charge in [-0.25, -0.2) is 4.39 Å². The molecule has 0 unspecified atom stereocenters. The van der Waals surface area contributed by atoms with Crippen molar-refractivity contribution in [2.75, 3.05) is 93.0 Å². The average Bonchev–Trinajstić information content (AvgIpc) is 3.19. The predicted octanol–water partition coefficient (Wildman–Crippen LogP) is 1.74. The van der Waals surface area contributed by atoms with Gasteiger partial charge in [-0.15, -0.1) is 0 Å². The normalized spacial score (nSPS) is 20.5. The maximum Gasteiger partial charge on any atom is 0.168 e. The number of halogens is 1. The summed E-state index contributed by atoms with van der Waals surface area (Å²) >= 11 is 0. The first-order valence-electron chi connectivity index (χ1n) is 10.5. The van der Waals surface area contributed by atoms with Crippen molar-refractivity contribution >= 4 is 0 Å². The molecule has 0 amide bonds. The van der Waals surface area contributed by atoms with Crippen molar-refractivity contribution < 1.29 is 42.3 Å². The Balaban J connectivity index is 1.31. The van der Waals surface area contributed by atoms with Crippen LogP contribution in [0.5, 0.6) is 0 Å². The minimum absolute atomic E-state index is 0.0927. The molecule has 1 aliphatic heterocycles. The first-order valence-corrected chi connectivity index (χ1v) is 10.5. The molecule has 0 aromatic carbocycles. The summed E-state index contributed by atoms with van der Waals surface area (Å²) < 4.78 is 57.9. The van der Waals surface area contributed by atoms with Crippen molar-refractivity contribution in [3.8, 4) is 0 Å². The van der Waals surface area contributed by atoms with Gasteiger partial charge in [0.05, 0.1) is 85.9 Å². The lowest BCUT2D eigenvalue weighted by Gasteiger charge is -2.38. The van der Waals surface area contributed by atoms with Crippen LogP contribution in [-0.2, 0) is 37.9 Å². The average molecular weight is 425 g/mol. The number of hydrogen-bond acceptors (Lipinski definition) is 8. The summed E-state index contributed by atoms with van der Waals surface area (Å²) in [6.07, 6.45) is 1.99. The second-order valence-corrected chi connectivity index (χ2v) is 7.25. The molecule has 1 aliphatic carbocycles. The quantitative estimate of drug-likeness (QED) is 0.327. The summed E-state index contributed by atoms with van der Waals surface area (Å²) in [7, 11) is 1.64. The highest BCUT2D eigenvalue weighted by atomic mass is 19.1. The van der Waals surface area contributed by atoms with Crippen LogP contribution >= 0.6 is 0 Å². The molecule has 2 rings (SSSR count). The Morgan fingerprint density at radius 1 is 0.621 bits per heavy atom. The van der Waals surface area contributed by atoms with Crippen LogP contribution in [0.15, 0.2) is 0 Å². The maximum atomic E-state index is 14.8. The Morgan fingerprint density at radius 3 is 1.48 bits per heavy atom. The summed E-state index contributed by atoms with van der Waals surface area (Å²) in [4.78, 5) is 0. The van der Waals surface area contributed by atoms with Gasteiger partial charge in [0.25, 0.3) is 0 Å². The zero-order valence-electron chi connectivity index (χ0n) is 17.7. The molecule has 9 heteroatoms. The lowest BCUT2D eigenvalue weighted by Crippen LogP contribution is -2.43. The van der Waals surface area contributed by atoms with Gasteiger partial charge in [0, 0.05) is 20.0 Å². The molecule has 0 radical (unpaired) electrons. The van der Waals surface area contributed by atoms with Gasteiger partial charge in [-0.05, 0) is 12.8 Å². The van der Waals surface area contributed by atoms with E-state index >= 15 is 0 Å². The van der Waals surface area contributed by atoms with Gasteiger partial charge in [-0.2, -0.15) is 0 Å². The van der Waals surface area contributed by atoms with Crippen molar-refractivity contribution in [3.63, 3.8) is 0 Å². The van der Waals surface area contributed by atoms with Crippen molar-refractivity contribution in [3.05, 3.63) is 0 Å². The van der Waals surface area contributed by atoms with Crippen LogP contribution in [0.2, 0.25) is 0 Å². The van der Waals surface area contributed by atoms with Crippen LogP contribution in [0.25, 0.3) is 0 Å². The zero-order valence-corrected chi connectivity index (χ0v) is 17.7. The molecule has 172 valence electrons. The van der Waals surface area contributed by atoms with Crippen LogP contribution in [0, 0.1) is 0 Å². The Kier molecular flexibility index (Phi) is 12.5. The molecule has 8 nitrogen and oxygen atoms in total. The SMILES string of the molecule is COCCOCCOCCOCCOCCOCC1(F)CCC2(CC1)OCCO2. The fourth-order valence-electron chi connectivity index (χ4n) is 3.29. The van der Waals surface area contributed by atoms with E-state index < -0.39 is 11.5 Å². The lowest BCUT2D eigenvalue weighted by atomic mass is 9.83. The van der Waals surface area contributed by atoms with E-state index in [1.54, 1.807) is 7.11 Å². The standard InChI is InChI=1S/C20H37FO8/c1-22-6-7-23-8-9-24-10-11-25-12-13-26-14-15-27-18-19(21)2-4-20(5-3-19)28-16-17-29-20/h2-18H2,1H3. The molecule has 0 atom stereocenters. The molecule has 0 bridgehead atoms. The number of alkyl halides is 1. The summed E-state index contributed by atoms with van der Waals surface area (Å²) in [6, 6.07) is 0. The summed E-state index contributed by atoms with van der Waals surface area (Å²) in [5, 5.41) is 0. The molecule has 0 aromatic heterocycles. The molecule has 29 heavy (non-hydrogen) atoms. The van der Waals surface area contributed by atoms with Gasteiger partial charge >= 0.3 is 0 Å². The van der Waals surface area contributed by atoms with E-state index in [0.717, 1.165) is 0 Å². The Labute approximate surface area is 173 Å². The number of rotatable bonds is 17. The third kappa shape index (κ3) is 10.5. The monoisotopic (exact) mass is 424 g/mol. The fraction of sp³-hybridized carbons (Fsp3) is 1.00. The molecule has 1 spiro atoms. The van der Waals surface area contributed by atoms with Gasteiger partial charge in [0.2, 0.25) is 0 Å². The Morgan fingerprint density at radius 2 is 1.03 bits per heavy atom. The number of methoxy groups -OCH3 is 1. The number of ether oxygens (including phenoxy) is 8. The van der Waals surface area contributed by atoms with Crippen molar-refractivity contribution in [1.82, 2.24) is 0 Å². The third-order valence-corrected chi connectivity index (χ3v) is 5.00. The molecule has 0 N–H and O–H groups in total. The van der Waals surface area contributed by atoms with E-state index in [-0.39, 0.29) is 6.61 Å². The van der Waals surface area contributed by atoms with Crippen molar-refractivity contribution in [1.29, 1.82) is 0 Å². The van der Waals surface area contributed by atoms with E-state index in [2.05, 4.69) is 0 Å². The summed E-state index contributed by atoms with van der Waals surface area (Å²) in [5.41, 5.74) is -1.29. The van der Waals surface area contributed by atoms with E-state index in [1.165, 1.54) is 0 Å². The fourth-order valence-corrected chi connectivity index (χ4v) is 3.29. The Hall–Kier alpha value is -0.390. The summed E-state index contributed by atoms with van der Waals surface area (Å²) in [5.74, 6) is -0.540. The zero-order chi connectivity index (χ0) is 20.7. The van der Waals surface area contributed by atoms with Gasteiger partial charge in [-0.1, -0.05) is 0 Å². The molecular formula is C20H37FO8. The van der Waals surface area contributed by atoms with E-state index in [0.29, 0.717) is 105 Å². The number of hydrogen-bond donors (Lipinski definition) is 0. The Bertz CT molecular complexity index is 396. The first-order chi connectivity index (χ1) is 14.2.